The van der Waals surface area contributed by atoms with E-state index in [-0.39, 0.29) is 5.31 Å². The minimum absolute atomic E-state index is 0.150. The third kappa shape index (κ3) is 3.97. The largest absolute Gasteiger partial charge is 0.256 e. The standard InChI is InChI=1S/C28H30BN/c29-28(18-16-23(17-19-28)21-6-4-5-7-21)26-13-10-22(11-14-26)25-12-15-27(30-20-25)24-8-2-1-3-9-24/h1-3,8-15,20-21,23H,4-7,16-19H2. The summed E-state index contributed by atoms with van der Waals surface area (Å²) in [6.45, 7) is 0. The van der Waals surface area contributed by atoms with Gasteiger partial charge in [0, 0.05) is 17.3 Å². The lowest BCUT2D eigenvalue weighted by atomic mass is 9.54. The van der Waals surface area contributed by atoms with Crippen LogP contribution in [0, 0.1) is 11.8 Å². The maximum absolute atomic E-state index is 6.90. The highest BCUT2D eigenvalue weighted by molar-refractivity contribution is 6.16. The summed E-state index contributed by atoms with van der Waals surface area (Å²) in [5.41, 5.74) is 5.81. The third-order valence-corrected chi connectivity index (χ3v) is 7.62. The highest BCUT2D eigenvalue weighted by Gasteiger charge is 2.35. The van der Waals surface area contributed by atoms with Gasteiger partial charge in [-0.1, -0.05) is 118 Å². The summed E-state index contributed by atoms with van der Waals surface area (Å²) in [7, 11) is 6.90. The Morgan fingerprint density at radius 2 is 1.30 bits per heavy atom. The minimum Gasteiger partial charge on any atom is -0.256 e. The van der Waals surface area contributed by atoms with Gasteiger partial charge in [-0.05, 0) is 28.8 Å². The number of hydrogen-bond acceptors (Lipinski definition) is 1. The molecule has 0 atom stereocenters. The van der Waals surface area contributed by atoms with Crippen LogP contribution >= 0.6 is 0 Å². The first-order valence-corrected chi connectivity index (χ1v) is 11.6. The third-order valence-electron chi connectivity index (χ3n) is 7.62. The van der Waals surface area contributed by atoms with Crippen molar-refractivity contribution in [3.05, 3.63) is 78.5 Å². The van der Waals surface area contributed by atoms with Crippen LogP contribution in [0.15, 0.2) is 72.9 Å². The second-order valence-electron chi connectivity index (χ2n) is 9.41. The van der Waals surface area contributed by atoms with Crippen molar-refractivity contribution in [2.45, 2.75) is 56.7 Å². The van der Waals surface area contributed by atoms with Crippen molar-refractivity contribution < 1.29 is 0 Å². The topological polar surface area (TPSA) is 12.9 Å². The molecule has 2 aliphatic rings. The highest BCUT2D eigenvalue weighted by Crippen LogP contribution is 2.45. The van der Waals surface area contributed by atoms with E-state index in [9.17, 15) is 0 Å². The van der Waals surface area contributed by atoms with Crippen molar-refractivity contribution in [2.24, 2.45) is 11.8 Å². The zero-order valence-corrected chi connectivity index (χ0v) is 17.8. The molecule has 0 saturated heterocycles. The molecule has 30 heavy (non-hydrogen) atoms. The van der Waals surface area contributed by atoms with Gasteiger partial charge in [0.15, 0.2) is 0 Å². The van der Waals surface area contributed by atoms with Crippen molar-refractivity contribution in [3.8, 4) is 22.4 Å². The van der Waals surface area contributed by atoms with Crippen molar-refractivity contribution >= 4 is 7.85 Å². The maximum Gasteiger partial charge on any atom is 0.0810 e. The van der Waals surface area contributed by atoms with Crippen molar-refractivity contribution in [1.82, 2.24) is 4.98 Å². The molecule has 2 fully saturated rings. The first kappa shape index (κ1) is 19.6. The minimum atomic E-state index is -0.150. The van der Waals surface area contributed by atoms with E-state index in [2.05, 4.69) is 53.5 Å². The van der Waals surface area contributed by atoms with Crippen LogP contribution < -0.4 is 0 Å². The number of rotatable bonds is 4. The van der Waals surface area contributed by atoms with E-state index in [1.807, 2.05) is 24.4 Å². The lowest BCUT2D eigenvalue weighted by Gasteiger charge is -2.40. The number of aromatic nitrogens is 1. The molecule has 0 amide bonds. The normalized spacial score (nSPS) is 24.7. The van der Waals surface area contributed by atoms with E-state index in [4.69, 9.17) is 7.85 Å². The van der Waals surface area contributed by atoms with Crippen LogP contribution in [0.3, 0.4) is 0 Å². The average Bonchev–Trinajstić information content (AvgIpc) is 3.35. The molecule has 0 bridgehead atoms. The fraction of sp³-hybridized carbons (Fsp3) is 0.393. The van der Waals surface area contributed by atoms with Gasteiger partial charge in [-0.15, -0.1) is 0 Å². The summed E-state index contributed by atoms with van der Waals surface area (Å²) < 4.78 is 0. The van der Waals surface area contributed by atoms with Crippen molar-refractivity contribution in [2.75, 3.05) is 0 Å². The highest BCUT2D eigenvalue weighted by atomic mass is 14.7. The molecule has 150 valence electrons. The van der Waals surface area contributed by atoms with Gasteiger partial charge in [0.25, 0.3) is 0 Å². The molecule has 0 N–H and O–H groups in total. The van der Waals surface area contributed by atoms with Crippen LogP contribution in [0.2, 0.25) is 0 Å². The van der Waals surface area contributed by atoms with Gasteiger partial charge in [-0.2, -0.15) is 0 Å². The predicted octanol–water partition coefficient (Wildman–Crippen LogP) is 7.16. The van der Waals surface area contributed by atoms with Gasteiger partial charge in [-0.25, -0.2) is 0 Å². The van der Waals surface area contributed by atoms with E-state index in [0.717, 1.165) is 41.5 Å². The van der Waals surface area contributed by atoms with E-state index < -0.39 is 0 Å². The number of nitrogens with zero attached hydrogens (tertiary/aromatic N) is 1. The quantitative estimate of drug-likeness (QED) is 0.430. The Bertz CT molecular complexity index is 948. The molecule has 2 heteroatoms. The van der Waals surface area contributed by atoms with E-state index in [1.165, 1.54) is 49.7 Å². The second-order valence-corrected chi connectivity index (χ2v) is 9.41. The molecular weight excluding hydrogens is 361 g/mol. The molecule has 0 spiro atoms. The zero-order valence-electron chi connectivity index (χ0n) is 17.8. The lowest BCUT2D eigenvalue weighted by Crippen LogP contribution is -2.33. The molecule has 1 heterocycles. The Morgan fingerprint density at radius 1 is 0.667 bits per heavy atom. The molecule has 0 unspecified atom stereocenters. The summed E-state index contributed by atoms with van der Waals surface area (Å²) in [6.07, 6.45) is 12.6. The van der Waals surface area contributed by atoms with Crippen LogP contribution in [0.1, 0.15) is 56.9 Å². The first-order valence-electron chi connectivity index (χ1n) is 11.6. The van der Waals surface area contributed by atoms with Crippen LogP contribution in [0.25, 0.3) is 22.4 Å². The van der Waals surface area contributed by atoms with Crippen molar-refractivity contribution in [3.63, 3.8) is 0 Å². The Balaban J connectivity index is 1.27. The Kier molecular flexibility index (Phi) is 5.50. The van der Waals surface area contributed by atoms with Crippen LogP contribution in [0.5, 0.6) is 0 Å². The predicted molar refractivity (Wildman–Crippen MR) is 126 cm³/mol. The fourth-order valence-electron chi connectivity index (χ4n) is 5.68. The number of pyridine rings is 1. The van der Waals surface area contributed by atoms with Gasteiger partial charge in [0.2, 0.25) is 0 Å². The van der Waals surface area contributed by atoms with Crippen LogP contribution in [0.4, 0.5) is 0 Å². The lowest BCUT2D eigenvalue weighted by molar-refractivity contribution is 0.219. The Hall–Kier alpha value is -2.35. The summed E-state index contributed by atoms with van der Waals surface area (Å²) in [6, 6.07) is 23.5. The second kappa shape index (κ2) is 8.42. The molecule has 2 saturated carbocycles. The van der Waals surface area contributed by atoms with E-state index in [0.29, 0.717) is 0 Å². The summed E-state index contributed by atoms with van der Waals surface area (Å²) in [4.78, 5) is 4.67. The summed E-state index contributed by atoms with van der Waals surface area (Å²) >= 11 is 0. The van der Waals surface area contributed by atoms with Crippen molar-refractivity contribution in [1.29, 1.82) is 0 Å². The zero-order chi connectivity index (χ0) is 20.4. The van der Waals surface area contributed by atoms with Gasteiger partial charge in [0.1, 0.15) is 0 Å². The summed E-state index contributed by atoms with van der Waals surface area (Å²) in [5.74, 6) is 1.89. The molecule has 2 aromatic carbocycles. The van der Waals surface area contributed by atoms with Gasteiger partial charge < -0.3 is 0 Å². The first-order chi connectivity index (χ1) is 14.7. The molecule has 1 nitrogen and oxygen atoms in total. The number of hydrogen-bond donors (Lipinski definition) is 0. The van der Waals surface area contributed by atoms with Crippen LogP contribution in [-0.2, 0) is 5.31 Å². The SMILES string of the molecule is [B]C1(c2ccc(-c3ccc(-c4ccccc4)nc3)cc2)CCC(C2CCCC2)CC1. The molecule has 2 aliphatic carbocycles. The molecule has 5 rings (SSSR count). The monoisotopic (exact) mass is 391 g/mol. The molecule has 3 aromatic rings. The molecule has 2 radical (unpaired) electrons. The van der Waals surface area contributed by atoms with Gasteiger partial charge in [-0.3, -0.25) is 4.98 Å². The van der Waals surface area contributed by atoms with E-state index in [1.54, 1.807) is 0 Å². The molecular formula is C28H30BN. The Morgan fingerprint density at radius 3 is 1.93 bits per heavy atom. The van der Waals surface area contributed by atoms with Crippen LogP contribution in [-0.4, -0.2) is 12.8 Å². The average molecular weight is 391 g/mol. The summed E-state index contributed by atoms with van der Waals surface area (Å²) in [5, 5.41) is -0.150. The smallest absolute Gasteiger partial charge is 0.0810 e. The fourth-order valence-corrected chi connectivity index (χ4v) is 5.68. The Labute approximate surface area is 182 Å². The van der Waals surface area contributed by atoms with Gasteiger partial charge in [0.05, 0.1) is 13.5 Å². The van der Waals surface area contributed by atoms with Gasteiger partial charge >= 0.3 is 0 Å². The van der Waals surface area contributed by atoms with E-state index >= 15 is 0 Å². The maximum atomic E-state index is 6.90. The molecule has 0 aliphatic heterocycles. The molecule has 1 aromatic heterocycles. The number of benzene rings is 2.